The molecular formula is C17H19N5O4S2. The van der Waals surface area contributed by atoms with Crippen molar-refractivity contribution in [3.8, 4) is 11.5 Å². The number of carbonyl (C=O) groups excluding carboxylic acids is 2. The molecule has 0 aliphatic carbocycles. The number of amides is 3. The van der Waals surface area contributed by atoms with Crippen molar-refractivity contribution in [2.45, 2.75) is 10.8 Å². The maximum absolute atomic E-state index is 12.0. The maximum Gasteiger partial charge on any atom is 0.325 e. The summed E-state index contributed by atoms with van der Waals surface area (Å²) in [5, 5.41) is 16.5. The number of hydrogen-bond donors (Lipinski definition) is 3. The molecule has 1 aliphatic rings. The van der Waals surface area contributed by atoms with Crippen molar-refractivity contribution in [3.05, 3.63) is 30.9 Å². The molecule has 0 saturated carbocycles. The van der Waals surface area contributed by atoms with E-state index in [1.807, 2.05) is 0 Å². The van der Waals surface area contributed by atoms with E-state index in [9.17, 15) is 9.59 Å². The fourth-order valence-corrected chi connectivity index (χ4v) is 3.75. The van der Waals surface area contributed by atoms with Crippen molar-refractivity contribution in [3.63, 3.8) is 0 Å². The lowest BCUT2D eigenvalue weighted by atomic mass is 10.3. The number of fused-ring (bicyclic) bond motifs is 1. The lowest BCUT2D eigenvalue weighted by Gasteiger charge is -2.10. The van der Waals surface area contributed by atoms with Crippen molar-refractivity contribution >= 4 is 45.9 Å². The number of nitrogens with one attached hydrogen (secondary N) is 3. The Morgan fingerprint density at radius 2 is 2.07 bits per heavy atom. The first-order chi connectivity index (χ1) is 13.6. The summed E-state index contributed by atoms with van der Waals surface area (Å²) < 4.78 is 11.7. The molecule has 0 fully saturated rings. The van der Waals surface area contributed by atoms with Gasteiger partial charge < -0.3 is 20.1 Å². The van der Waals surface area contributed by atoms with Crippen LogP contribution >= 0.6 is 23.1 Å². The first-order valence-electron chi connectivity index (χ1n) is 8.45. The second-order valence-corrected chi connectivity index (χ2v) is 7.75. The number of imide groups is 1. The molecule has 0 atom stereocenters. The molecular weight excluding hydrogens is 402 g/mol. The van der Waals surface area contributed by atoms with Gasteiger partial charge in [0.2, 0.25) is 11.0 Å². The number of ether oxygens (including phenoxy) is 2. The predicted molar refractivity (Wildman–Crippen MR) is 109 cm³/mol. The van der Waals surface area contributed by atoms with E-state index in [0.29, 0.717) is 46.4 Å². The molecule has 0 spiro atoms. The molecule has 3 rings (SSSR count). The van der Waals surface area contributed by atoms with Gasteiger partial charge in [0.05, 0.1) is 19.0 Å². The van der Waals surface area contributed by atoms with E-state index in [1.165, 1.54) is 23.1 Å². The van der Waals surface area contributed by atoms with Gasteiger partial charge >= 0.3 is 6.03 Å². The van der Waals surface area contributed by atoms with Crippen molar-refractivity contribution in [2.75, 3.05) is 36.1 Å². The Hall–Kier alpha value is -2.79. The van der Waals surface area contributed by atoms with Crippen molar-refractivity contribution in [2.24, 2.45) is 0 Å². The smallest absolute Gasteiger partial charge is 0.325 e. The zero-order chi connectivity index (χ0) is 19.8. The van der Waals surface area contributed by atoms with E-state index in [-0.39, 0.29) is 5.75 Å². The van der Waals surface area contributed by atoms with E-state index >= 15 is 0 Å². The van der Waals surface area contributed by atoms with Crippen molar-refractivity contribution in [1.29, 1.82) is 0 Å². The molecule has 0 bridgehead atoms. The van der Waals surface area contributed by atoms with E-state index in [2.05, 4.69) is 32.7 Å². The number of aromatic nitrogens is 2. The van der Waals surface area contributed by atoms with E-state index < -0.39 is 11.9 Å². The molecule has 1 aliphatic heterocycles. The number of carbonyl (C=O) groups is 2. The first kappa shape index (κ1) is 20.0. The Morgan fingerprint density at radius 1 is 1.25 bits per heavy atom. The number of rotatable bonds is 7. The molecule has 11 heteroatoms. The largest absolute Gasteiger partial charge is 0.490 e. The molecule has 148 valence electrons. The van der Waals surface area contributed by atoms with Crippen LogP contribution in [0.5, 0.6) is 11.5 Å². The average molecular weight is 422 g/mol. The summed E-state index contributed by atoms with van der Waals surface area (Å²) in [6.07, 6.45) is 2.51. The van der Waals surface area contributed by atoms with Crippen LogP contribution in [0.1, 0.15) is 6.42 Å². The minimum absolute atomic E-state index is 0.0463. The molecule has 3 amide bonds. The van der Waals surface area contributed by atoms with Gasteiger partial charge in [-0.05, 0) is 12.1 Å². The van der Waals surface area contributed by atoms with Gasteiger partial charge in [0, 0.05) is 24.7 Å². The number of hydrogen-bond acceptors (Lipinski definition) is 9. The molecule has 2 heterocycles. The number of benzene rings is 1. The van der Waals surface area contributed by atoms with Crippen LogP contribution in [0.3, 0.4) is 0 Å². The number of urea groups is 1. The van der Waals surface area contributed by atoms with Crippen LogP contribution in [0.2, 0.25) is 0 Å². The number of anilines is 2. The highest BCUT2D eigenvalue weighted by Crippen LogP contribution is 2.32. The quantitative estimate of drug-likeness (QED) is 0.462. The first-order valence-corrected chi connectivity index (χ1v) is 10.3. The van der Waals surface area contributed by atoms with Crippen LogP contribution in [0.25, 0.3) is 0 Å². The highest BCUT2D eigenvalue weighted by molar-refractivity contribution is 8.01. The van der Waals surface area contributed by atoms with E-state index in [0.717, 1.165) is 6.42 Å². The zero-order valence-corrected chi connectivity index (χ0v) is 16.5. The lowest BCUT2D eigenvalue weighted by Crippen LogP contribution is -2.35. The normalized spacial score (nSPS) is 12.6. The Morgan fingerprint density at radius 3 is 2.89 bits per heavy atom. The Labute approximate surface area is 169 Å². The lowest BCUT2D eigenvalue weighted by molar-refractivity contribution is -0.117. The number of nitrogens with zero attached hydrogens (tertiary/aromatic N) is 2. The molecule has 9 nitrogen and oxygen atoms in total. The van der Waals surface area contributed by atoms with E-state index in [4.69, 9.17) is 9.47 Å². The molecule has 1 aromatic heterocycles. The minimum Gasteiger partial charge on any atom is -0.490 e. The maximum atomic E-state index is 12.0. The van der Waals surface area contributed by atoms with Gasteiger partial charge in [-0.15, -0.1) is 16.8 Å². The summed E-state index contributed by atoms with van der Waals surface area (Å²) in [5.41, 5.74) is 0.504. The Bertz CT molecular complexity index is 858. The Balaban J connectivity index is 1.45. The van der Waals surface area contributed by atoms with E-state index in [1.54, 1.807) is 24.3 Å². The third kappa shape index (κ3) is 5.86. The summed E-state index contributed by atoms with van der Waals surface area (Å²) in [6.45, 7) is 5.33. The van der Waals surface area contributed by atoms with Crippen LogP contribution in [0, 0.1) is 0 Å². The predicted octanol–water partition coefficient (Wildman–Crippen LogP) is 2.74. The summed E-state index contributed by atoms with van der Waals surface area (Å²) in [5.74, 6) is 0.807. The van der Waals surface area contributed by atoms with Gasteiger partial charge in [0.1, 0.15) is 0 Å². The fraction of sp³-hybridized carbons (Fsp3) is 0.294. The van der Waals surface area contributed by atoms with Crippen molar-refractivity contribution < 1.29 is 19.1 Å². The van der Waals surface area contributed by atoms with Crippen LogP contribution in [-0.4, -0.2) is 47.6 Å². The van der Waals surface area contributed by atoms with Crippen LogP contribution in [0.4, 0.5) is 15.6 Å². The molecule has 3 N–H and O–H groups in total. The van der Waals surface area contributed by atoms with Gasteiger partial charge in [-0.3, -0.25) is 10.1 Å². The molecule has 0 radical (unpaired) electrons. The number of thioether (sulfide) groups is 1. The zero-order valence-electron chi connectivity index (χ0n) is 14.9. The van der Waals surface area contributed by atoms with Gasteiger partial charge in [-0.2, -0.15) is 0 Å². The second-order valence-electron chi connectivity index (χ2n) is 5.55. The standard InChI is InChI=1S/C17H19N5O4S2/c1-2-6-18-16-21-22-17(28-16)27-10-14(23)20-15(24)19-11-4-5-12-13(9-11)26-8-3-7-25-12/h2,4-5,9H,1,3,6-8,10H2,(H,18,21)(H2,19,20,23,24). The van der Waals surface area contributed by atoms with Crippen LogP contribution < -0.4 is 25.4 Å². The highest BCUT2D eigenvalue weighted by Gasteiger charge is 2.14. The van der Waals surface area contributed by atoms with Gasteiger partial charge in [0.15, 0.2) is 15.8 Å². The second kappa shape index (κ2) is 9.95. The topological polar surface area (TPSA) is 114 Å². The monoisotopic (exact) mass is 421 g/mol. The fourth-order valence-electron chi connectivity index (χ4n) is 2.19. The van der Waals surface area contributed by atoms with Crippen molar-refractivity contribution in [1.82, 2.24) is 15.5 Å². The SMILES string of the molecule is C=CCNc1nnc(SCC(=O)NC(=O)Nc2ccc3c(c2)OCCCO3)s1. The van der Waals surface area contributed by atoms with Crippen LogP contribution in [0.15, 0.2) is 35.2 Å². The van der Waals surface area contributed by atoms with Crippen LogP contribution in [-0.2, 0) is 4.79 Å². The van der Waals surface area contributed by atoms with Gasteiger partial charge in [0.25, 0.3) is 0 Å². The third-order valence-electron chi connectivity index (χ3n) is 3.39. The third-order valence-corrected chi connectivity index (χ3v) is 5.40. The summed E-state index contributed by atoms with van der Waals surface area (Å²) in [6, 6.07) is 4.45. The summed E-state index contributed by atoms with van der Waals surface area (Å²) in [4.78, 5) is 24.0. The molecule has 2 aromatic rings. The van der Waals surface area contributed by atoms with Gasteiger partial charge in [-0.25, -0.2) is 4.79 Å². The summed E-state index contributed by atoms with van der Waals surface area (Å²) >= 11 is 2.53. The molecule has 0 unspecified atom stereocenters. The Kier molecular flexibility index (Phi) is 7.09. The minimum atomic E-state index is -0.620. The molecule has 28 heavy (non-hydrogen) atoms. The molecule has 0 saturated heterocycles. The average Bonchev–Trinajstić information content (AvgIpc) is 3.00. The summed E-state index contributed by atoms with van der Waals surface area (Å²) in [7, 11) is 0. The highest BCUT2D eigenvalue weighted by atomic mass is 32.2. The molecule has 1 aromatic carbocycles. The van der Waals surface area contributed by atoms with Gasteiger partial charge in [-0.1, -0.05) is 29.2 Å².